The van der Waals surface area contributed by atoms with Gasteiger partial charge in [-0.3, -0.25) is 9.69 Å². The molecule has 1 aromatic heterocycles. The van der Waals surface area contributed by atoms with Crippen LogP contribution in [0.15, 0.2) is 53.0 Å². The number of anilines is 2. The summed E-state index contributed by atoms with van der Waals surface area (Å²) in [4.78, 5) is 29.4. The van der Waals surface area contributed by atoms with Gasteiger partial charge in [-0.1, -0.05) is 18.2 Å². The summed E-state index contributed by atoms with van der Waals surface area (Å²) in [5, 5.41) is 8.55. The summed E-state index contributed by atoms with van der Waals surface area (Å²) in [6.45, 7) is 1.22. The van der Waals surface area contributed by atoms with Gasteiger partial charge in [-0.15, -0.1) is 11.3 Å². The van der Waals surface area contributed by atoms with E-state index in [4.69, 9.17) is 4.74 Å². The number of carbonyl (C=O) groups is 2. The fraction of sp³-hybridized carbons (Fsp3) is 0.391. The number of thiophene rings is 1. The Morgan fingerprint density at radius 3 is 2.90 bits per heavy atom. The average molecular weight is 424 g/mol. The summed E-state index contributed by atoms with van der Waals surface area (Å²) in [5.74, 6) is 0.117. The molecular weight excluding hydrogens is 398 g/mol. The van der Waals surface area contributed by atoms with Gasteiger partial charge in [0.15, 0.2) is 5.78 Å². The zero-order chi connectivity index (χ0) is 20.5. The first-order valence-electron chi connectivity index (χ1n) is 10.6. The Labute approximate surface area is 179 Å². The third-order valence-corrected chi connectivity index (χ3v) is 6.90. The number of nitrogens with one attached hydrogen (secondary N) is 2. The van der Waals surface area contributed by atoms with Crippen LogP contribution in [0.1, 0.15) is 43.0 Å². The molecule has 2 N–H and O–H groups in total. The minimum Gasteiger partial charge on any atom is -0.376 e. The molecule has 3 heterocycles. The predicted octanol–water partition coefficient (Wildman–Crippen LogP) is 4.62. The van der Waals surface area contributed by atoms with Gasteiger partial charge in [0.05, 0.1) is 17.5 Å². The van der Waals surface area contributed by atoms with Crippen LogP contribution in [-0.4, -0.2) is 31.1 Å². The van der Waals surface area contributed by atoms with Gasteiger partial charge in [0.25, 0.3) is 0 Å². The van der Waals surface area contributed by atoms with Gasteiger partial charge in [0.2, 0.25) is 0 Å². The molecule has 6 nitrogen and oxygen atoms in total. The summed E-state index contributed by atoms with van der Waals surface area (Å²) < 4.78 is 5.68. The maximum absolute atomic E-state index is 13.6. The number of hydrogen-bond donors (Lipinski definition) is 2. The van der Waals surface area contributed by atoms with E-state index in [0.29, 0.717) is 18.5 Å². The lowest BCUT2D eigenvalue weighted by Crippen LogP contribution is -2.46. The van der Waals surface area contributed by atoms with E-state index in [9.17, 15) is 9.59 Å². The van der Waals surface area contributed by atoms with Crippen LogP contribution in [0.4, 0.5) is 16.2 Å². The number of ketones is 1. The number of rotatable bonds is 3. The van der Waals surface area contributed by atoms with Gasteiger partial charge < -0.3 is 15.4 Å². The van der Waals surface area contributed by atoms with Crippen LogP contribution >= 0.6 is 11.3 Å². The Bertz CT molecular complexity index is 979. The van der Waals surface area contributed by atoms with Crippen LogP contribution < -0.4 is 15.5 Å². The van der Waals surface area contributed by atoms with E-state index in [1.54, 1.807) is 16.2 Å². The van der Waals surface area contributed by atoms with Gasteiger partial charge in [0.1, 0.15) is 6.04 Å². The smallest absolute Gasteiger partial charge is 0.322 e. The molecule has 1 aromatic carbocycles. The van der Waals surface area contributed by atoms with E-state index >= 15 is 0 Å². The molecule has 2 aliphatic heterocycles. The first kappa shape index (κ1) is 19.3. The maximum atomic E-state index is 13.6. The van der Waals surface area contributed by atoms with Crippen molar-refractivity contribution in [2.45, 2.75) is 44.2 Å². The van der Waals surface area contributed by atoms with Crippen LogP contribution in [0.5, 0.6) is 0 Å². The number of ether oxygens (including phenoxy) is 1. The molecule has 1 saturated heterocycles. The molecule has 0 radical (unpaired) electrons. The number of hydrogen-bond acceptors (Lipinski definition) is 5. The summed E-state index contributed by atoms with van der Waals surface area (Å²) in [6, 6.07) is 11.1. The fourth-order valence-corrected chi connectivity index (χ4v) is 5.39. The van der Waals surface area contributed by atoms with Gasteiger partial charge in [-0.2, -0.15) is 0 Å². The molecule has 2 amide bonds. The Kier molecular flexibility index (Phi) is 5.31. The lowest BCUT2D eigenvalue weighted by molar-refractivity contribution is -0.116. The lowest BCUT2D eigenvalue weighted by Gasteiger charge is -2.33. The third-order valence-electron chi connectivity index (χ3n) is 5.97. The molecule has 2 aromatic rings. The quantitative estimate of drug-likeness (QED) is 0.756. The molecule has 5 rings (SSSR count). The molecule has 1 fully saturated rings. The molecule has 2 atom stereocenters. The molecule has 156 valence electrons. The van der Waals surface area contributed by atoms with E-state index in [2.05, 4.69) is 10.6 Å². The van der Waals surface area contributed by atoms with Crippen LogP contribution in [0.2, 0.25) is 0 Å². The van der Waals surface area contributed by atoms with E-state index in [-0.39, 0.29) is 17.9 Å². The number of urea groups is 1. The number of benzene rings is 1. The first-order chi connectivity index (χ1) is 14.7. The zero-order valence-electron chi connectivity index (χ0n) is 16.7. The van der Waals surface area contributed by atoms with Crippen LogP contribution in [0, 0.1) is 0 Å². The van der Waals surface area contributed by atoms with Crippen molar-refractivity contribution >= 4 is 34.5 Å². The number of nitrogens with zero attached hydrogens (tertiary/aromatic N) is 1. The van der Waals surface area contributed by atoms with Crippen LogP contribution in [0.25, 0.3) is 0 Å². The number of para-hydroxylation sites is 2. The molecule has 30 heavy (non-hydrogen) atoms. The number of Topliss-reactive ketones (excluding diaryl/α,β-unsaturated/α-hetero) is 1. The Morgan fingerprint density at radius 2 is 2.10 bits per heavy atom. The van der Waals surface area contributed by atoms with Crippen molar-refractivity contribution in [3.05, 3.63) is 57.9 Å². The normalized spacial score (nSPS) is 23.5. The number of allylic oxidation sites excluding steroid dienone is 1. The van der Waals surface area contributed by atoms with Crippen molar-refractivity contribution in [3.8, 4) is 0 Å². The van der Waals surface area contributed by atoms with Gasteiger partial charge in [0, 0.05) is 35.7 Å². The fourth-order valence-electron chi connectivity index (χ4n) is 4.57. The maximum Gasteiger partial charge on any atom is 0.322 e. The highest BCUT2D eigenvalue weighted by Gasteiger charge is 2.40. The largest absolute Gasteiger partial charge is 0.376 e. The lowest BCUT2D eigenvalue weighted by atomic mass is 9.88. The second-order valence-corrected chi connectivity index (χ2v) is 8.90. The van der Waals surface area contributed by atoms with Crippen LogP contribution in [-0.2, 0) is 9.53 Å². The van der Waals surface area contributed by atoms with E-state index < -0.39 is 6.04 Å². The van der Waals surface area contributed by atoms with Gasteiger partial charge >= 0.3 is 6.03 Å². The van der Waals surface area contributed by atoms with Crippen molar-refractivity contribution in [2.75, 3.05) is 23.4 Å². The Morgan fingerprint density at radius 1 is 1.20 bits per heavy atom. The Hall–Kier alpha value is -2.64. The predicted molar refractivity (Wildman–Crippen MR) is 118 cm³/mol. The summed E-state index contributed by atoms with van der Waals surface area (Å²) in [6.07, 6.45) is 4.20. The number of carbonyl (C=O) groups excluding carboxylic acids is 2. The second-order valence-electron chi connectivity index (χ2n) is 7.92. The van der Waals surface area contributed by atoms with Gasteiger partial charge in [-0.05, 0) is 49.3 Å². The standard InChI is InChI=1S/C23H25N3O3S/c27-19-10-3-8-17-21(19)22(20-11-5-13-30-20)26(18-9-2-1-7-16(18)25-17)23(28)24-14-15-6-4-12-29-15/h1-2,5,7,9,11,13,15,22,25H,3-4,6,8,10,12,14H2,(H,24,28)/t15-,22+/m1/s1. The highest BCUT2D eigenvalue weighted by Crippen LogP contribution is 2.45. The van der Waals surface area contributed by atoms with E-state index in [0.717, 1.165) is 54.2 Å². The minimum absolute atomic E-state index is 0.0561. The molecule has 0 saturated carbocycles. The minimum atomic E-state index is -0.437. The average Bonchev–Trinajstić information content (AvgIpc) is 3.44. The van der Waals surface area contributed by atoms with Crippen molar-refractivity contribution < 1.29 is 14.3 Å². The monoisotopic (exact) mass is 423 g/mol. The summed E-state index contributed by atoms with van der Waals surface area (Å²) in [7, 11) is 0. The molecule has 0 spiro atoms. The van der Waals surface area contributed by atoms with E-state index in [1.165, 1.54) is 0 Å². The summed E-state index contributed by atoms with van der Waals surface area (Å²) in [5.41, 5.74) is 3.28. The Balaban J connectivity index is 1.59. The SMILES string of the molecule is O=C1CCCC2=C1[C@H](c1cccs1)N(C(=O)NC[C@H]1CCCO1)c1ccccc1N2. The molecule has 0 bridgehead atoms. The van der Waals surface area contributed by atoms with Crippen molar-refractivity contribution in [2.24, 2.45) is 0 Å². The third kappa shape index (κ3) is 3.52. The topological polar surface area (TPSA) is 70.7 Å². The zero-order valence-corrected chi connectivity index (χ0v) is 17.5. The molecule has 0 unspecified atom stereocenters. The number of fused-ring (bicyclic) bond motifs is 1. The second kappa shape index (κ2) is 8.24. The molecule has 1 aliphatic carbocycles. The first-order valence-corrected chi connectivity index (χ1v) is 11.4. The molecular formula is C23H25N3O3S. The molecule has 3 aliphatic rings. The summed E-state index contributed by atoms with van der Waals surface area (Å²) >= 11 is 1.58. The van der Waals surface area contributed by atoms with Gasteiger partial charge in [-0.25, -0.2) is 4.79 Å². The van der Waals surface area contributed by atoms with Crippen molar-refractivity contribution in [3.63, 3.8) is 0 Å². The van der Waals surface area contributed by atoms with Crippen molar-refractivity contribution in [1.29, 1.82) is 0 Å². The van der Waals surface area contributed by atoms with Crippen LogP contribution in [0.3, 0.4) is 0 Å². The molecule has 7 heteroatoms. The highest BCUT2D eigenvalue weighted by atomic mass is 32.1. The number of amides is 2. The van der Waals surface area contributed by atoms with Crippen molar-refractivity contribution in [1.82, 2.24) is 5.32 Å². The highest BCUT2D eigenvalue weighted by molar-refractivity contribution is 7.10. The van der Waals surface area contributed by atoms with E-state index in [1.807, 2.05) is 41.8 Å².